The summed E-state index contributed by atoms with van der Waals surface area (Å²) in [5.74, 6) is 0. The predicted molar refractivity (Wildman–Crippen MR) is 88.8 cm³/mol. The number of hydrogen-bond acceptors (Lipinski definition) is 3. The van der Waals surface area contributed by atoms with Crippen LogP contribution in [0.4, 0.5) is 11.4 Å². The first kappa shape index (κ1) is 14.3. The number of nitro groups is 1. The van der Waals surface area contributed by atoms with E-state index in [0.717, 1.165) is 24.9 Å². The zero-order chi connectivity index (χ0) is 15.4. The van der Waals surface area contributed by atoms with Crippen molar-refractivity contribution in [3.63, 3.8) is 0 Å². The van der Waals surface area contributed by atoms with Crippen LogP contribution in [0.2, 0.25) is 0 Å². The van der Waals surface area contributed by atoms with Crippen LogP contribution in [-0.4, -0.2) is 11.0 Å². The van der Waals surface area contributed by atoms with Gasteiger partial charge in [0, 0.05) is 17.8 Å². The lowest BCUT2D eigenvalue weighted by Gasteiger charge is -2.26. The summed E-state index contributed by atoms with van der Waals surface area (Å²) in [6.45, 7) is 0. The molecule has 0 fully saturated rings. The monoisotopic (exact) mass is 294 g/mol. The molecule has 0 radical (unpaired) electrons. The number of anilines is 1. The summed E-state index contributed by atoms with van der Waals surface area (Å²) in [6.07, 6.45) is 5.61. The first-order valence-electron chi connectivity index (χ1n) is 7.50. The van der Waals surface area contributed by atoms with Gasteiger partial charge in [0.2, 0.25) is 0 Å². The summed E-state index contributed by atoms with van der Waals surface area (Å²) in [5.41, 5.74) is 3.58. The molecule has 1 unspecified atom stereocenters. The highest BCUT2D eigenvalue weighted by Crippen LogP contribution is 2.30. The Hall–Kier alpha value is -2.62. The third-order valence-electron chi connectivity index (χ3n) is 3.96. The first-order chi connectivity index (χ1) is 10.7. The third kappa shape index (κ3) is 3.17. The van der Waals surface area contributed by atoms with E-state index >= 15 is 0 Å². The number of allylic oxidation sites excluding steroid dienone is 1. The van der Waals surface area contributed by atoms with Gasteiger partial charge in [0.05, 0.1) is 11.0 Å². The van der Waals surface area contributed by atoms with Crippen molar-refractivity contribution >= 4 is 16.9 Å². The van der Waals surface area contributed by atoms with Gasteiger partial charge in [0.1, 0.15) is 0 Å². The average Bonchev–Trinajstić information content (AvgIpc) is 2.57. The van der Waals surface area contributed by atoms with E-state index in [1.165, 1.54) is 23.3 Å². The maximum absolute atomic E-state index is 10.7. The topological polar surface area (TPSA) is 55.2 Å². The van der Waals surface area contributed by atoms with Gasteiger partial charge in [-0.25, -0.2) is 0 Å². The highest BCUT2D eigenvalue weighted by Gasteiger charge is 2.19. The number of rotatable bonds is 4. The molecule has 1 aliphatic rings. The van der Waals surface area contributed by atoms with Gasteiger partial charge in [-0.15, -0.1) is 0 Å². The molecule has 4 heteroatoms. The van der Waals surface area contributed by atoms with E-state index in [2.05, 4.69) is 23.5 Å². The summed E-state index contributed by atoms with van der Waals surface area (Å²) < 4.78 is 0. The Labute approximate surface area is 129 Å². The molecule has 0 spiro atoms. The van der Waals surface area contributed by atoms with Crippen LogP contribution in [0.1, 0.15) is 24.8 Å². The fourth-order valence-electron chi connectivity index (χ4n) is 2.86. The summed E-state index contributed by atoms with van der Waals surface area (Å²) in [7, 11) is 0. The summed E-state index contributed by atoms with van der Waals surface area (Å²) >= 11 is 0. The molecule has 112 valence electrons. The Kier molecular flexibility index (Phi) is 4.19. The molecule has 2 aromatic carbocycles. The Morgan fingerprint density at radius 3 is 2.45 bits per heavy atom. The molecular weight excluding hydrogens is 276 g/mol. The number of non-ortho nitro benzene ring substituents is 1. The fourth-order valence-corrected chi connectivity index (χ4v) is 2.86. The lowest BCUT2D eigenvalue weighted by Crippen LogP contribution is -2.23. The maximum Gasteiger partial charge on any atom is 0.269 e. The minimum Gasteiger partial charge on any atom is -0.378 e. The van der Waals surface area contributed by atoms with Crippen LogP contribution in [0.15, 0.2) is 60.7 Å². The maximum atomic E-state index is 10.7. The Morgan fingerprint density at radius 2 is 1.77 bits per heavy atom. The van der Waals surface area contributed by atoms with Crippen LogP contribution in [0.25, 0.3) is 5.57 Å². The van der Waals surface area contributed by atoms with Crippen LogP contribution in [0, 0.1) is 10.1 Å². The number of nitro benzene ring substituents is 1. The molecule has 0 aromatic heterocycles. The second-order valence-electron chi connectivity index (χ2n) is 5.46. The van der Waals surface area contributed by atoms with Crippen molar-refractivity contribution in [3.05, 3.63) is 76.4 Å². The van der Waals surface area contributed by atoms with Gasteiger partial charge >= 0.3 is 0 Å². The summed E-state index contributed by atoms with van der Waals surface area (Å²) in [6, 6.07) is 17.2. The summed E-state index contributed by atoms with van der Waals surface area (Å²) in [5, 5.41) is 14.2. The van der Waals surface area contributed by atoms with E-state index in [9.17, 15) is 10.1 Å². The number of nitrogens with one attached hydrogen (secondary N) is 1. The van der Waals surface area contributed by atoms with Crippen LogP contribution in [0.5, 0.6) is 0 Å². The molecular formula is C18H18N2O2. The SMILES string of the molecule is O=[N+]([O-])c1ccc(NC2CCCC=C2c2ccccc2)cc1. The molecule has 0 aliphatic heterocycles. The fraction of sp³-hybridized carbons (Fsp3) is 0.222. The highest BCUT2D eigenvalue weighted by molar-refractivity contribution is 5.73. The van der Waals surface area contributed by atoms with Gasteiger partial charge in [0.25, 0.3) is 5.69 Å². The van der Waals surface area contributed by atoms with Crippen molar-refractivity contribution < 1.29 is 4.92 Å². The van der Waals surface area contributed by atoms with Gasteiger partial charge in [0.15, 0.2) is 0 Å². The van der Waals surface area contributed by atoms with E-state index in [1.54, 1.807) is 12.1 Å². The Morgan fingerprint density at radius 1 is 1.05 bits per heavy atom. The van der Waals surface area contributed by atoms with Crippen molar-refractivity contribution in [2.75, 3.05) is 5.32 Å². The molecule has 0 heterocycles. The van der Waals surface area contributed by atoms with E-state index in [0.29, 0.717) is 0 Å². The summed E-state index contributed by atoms with van der Waals surface area (Å²) in [4.78, 5) is 10.3. The van der Waals surface area contributed by atoms with E-state index in [4.69, 9.17) is 0 Å². The van der Waals surface area contributed by atoms with Crippen molar-refractivity contribution in [1.29, 1.82) is 0 Å². The van der Waals surface area contributed by atoms with Crippen molar-refractivity contribution in [1.82, 2.24) is 0 Å². The Balaban J connectivity index is 1.79. The minimum absolute atomic E-state index is 0.119. The van der Waals surface area contributed by atoms with Crippen molar-refractivity contribution in [3.8, 4) is 0 Å². The quantitative estimate of drug-likeness (QED) is 0.660. The second-order valence-corrected chi connectivity index (χ2v) is 5.46. The third-order valence-corrected chi connectivity index (χ3v) is 3.96. The molecule has 0 saturated carbocycles. The minimum atomic E-state index is -0.375. The van der Waals surface area contributed by atoms with Crippen LogP contribution >= 0.6 is 0 Å². The zero-order valence-corrected chi connectivity index (χ0v) is 12.2. The molecule has 0 amide bonds. The smallest absolute Gasteiger partial charge is 0.269 e. The van der Waals surface area contributed by atoms with Gasteiger partial charge in [-0.05, 0) is 42.5 Å². The lowest BCUT2D eigenvalue weighted by atomic mass is 9.89. The number of benzene rings is 2. The standard InChI is InChI=1S/C18H18N2O2/c21-20(22)16-12-10-15(11-13-16)19-18-9-5-4-8-17(18)14-6-2-1-3-7-14/h1-3,6-8,10-13,18-19H,4-5,9H2. The molecule has 2 aromatic rings. The first-order valence-corrected chi connectivity index (χ1v) is 7.50. The van der Waals surface area contributed by atoms with Gasteiger partial charge < -0.3 is 5.32 Å². The molecule has 3 rings (SSSR count). The molecule has 1 atom stereocenters. The van der Waals surface area contributed by atoms with Crippen molar-refractivity contribution in [2.24, 2.45) is 0 Å². The number of hydrogen-bond donors (Lipinski definition) is 1. The molecule has 1 N–H and O–H groups in total. The molecule has 4 nitrogen and oxygen atoms in total. The van der Waals surface area contributed by atoms with E-state index in [-0.39, 0.29) is 16.7 Å². The molecule has 1 aliphatic carbocycles. The Bertz CT molecular complexity index is 678. The largest absolute Gasteiger partial charge is 0.378 e. The molecule has 0 saturated heterocycles. The predicted octanol–water partition coefficient (Wildman–Crippen LogP) is 4.64. The highest BCUT2D eigenvalue weighted by atomic mass is 16.6. The van der Waals surface area contributed by atoms with Gasteiger partial charge in [-0.1, -0.05) is 36.4 Å². The normalized spacial score (nSPS) is 17.6. The van der Waals surface area contributed by atoms with Crippen LogP contribution in [-0.2, 0) is 0 Å². The molecule has 0 bridgehead atoms. The van der Waals surface area contributed by atoms with Crippen LogP contribution < -0.4 is 5.32 Å². The zero-order valence-electron chi connectivity index (χ0n) is 12.2. The van der Waals surface area contributed by atoms with Crippen molar-refractivity contribution in [2.45, 2.75) is 25.3 Å². The van der Waals surface area contributed by atoms with E-state index < -0.39 is 0 Å². The molecule has 22 heavy (non-hydrogen) atoms. The van der Waals surface area contributed by atoms with Gasteiger partial charge in [-0.3, -0.25) is 10.1 Å². The second kappa shape index (κ2) is 6.43. The van der Waals surface area contributed by atoms with Crippen LogP contribution in [0.3, 0.4) is 0 Å². The number of nitrogens with zero attached hydrogens (tertiary/aromatic N) is 1. The van der Waals surface area contributed by atoms with E-state index in [1.807, 2.05) is 18.2 Å². The average molecular weight is 294 g/mol. The lowest BCUT2D eigenvalue weighted by molar-refractivity contribution is -0.384. The van der Waals surface area contributed by atoms with Gasteiger partial charge in [-0.2, -0.15) is 0 Å².